The van der Waals surface area contributed by atoms with E-state index in [9.17, 15) is 9.59 Å². The van der Waals surface area contributed by atoms with Crippen LogP contribution in [0.5, 0.6) is 0 Å². The summed E-state index contributed by atoms with van der Waals surface area (Å²) in [5, 5.41) is 8.92. The Labute approximate surface area is 165 Å². The molecule has 1 aliphatic rings. The molecule has 10 heteroatoms. The van der Waals surface area contributed by atoms with Crippen LogP contribution in [-0.4, -0.2) is 29.7 Å². The van der Waals surface area contributed by atoms with Gasteiger partial charge in [0.25, 0.3) is 5.91 Å². The standard InChI is InChI=1S/C16H14Cl2N4O3.ClH/c17-10-1-2-13(22-3-4-25-16(22)24)9(5-10)7-21-8-11(18)6-12(14(21)19)15(20)23;/h1-2,5-6,8,19H,3-4,7H2,(H2,20,23);1H. The first-order valence-electron chi connectivity index (χ1n) is 7.34. The van der Waals surface area contributed by atoms with Crippen molar-refractivity contribution in [1.82, 2.24) is 4.57 Å². The molecule has 7 nitrogen and oxygen atoms in total. The zero-order valence-electron chi connectivity index (χ0n) is 13.4. The SMILES string of the molecule is Cl.N=c1c(C(N)=O)cc(Cl)cn1Cc1cc(Cl)ccc1N1CCOC1=O. The summed E-state index contributed by atoms with van der Waals surface area (Å²) in [5.41, 5.74) is 6.54. The molecule has 1 aromatic heterocycles. The van der Waals surface area contributed by atoms with Crippen LogP contribution in [0.15, 0.2) is 30.5 Å². The smallest absolute Gasteiger partial charge is 0.414 e. The van der Waals surface area contributed by atoms with Gasteiger partial charge in [0.05, 0.1) is 29.4 Å². The first kappa shape index (κ1) is 20.1. The molecule has 1 aromatic carbocycles. The summed E-state index contributed by atoms with van der Waals surface area (Å²) >= 11 is 12.1. The van der Waals surface area contributed by atoms with Gasteiger partial charge in [0.1, 0.15) is 12.1 Å². The fourth-order valence-corrected chi connectivity index (χ4v) is 3.09. The van der Waals surface area contributed by atoms with Crippen LogP contribution in [0.3, 0.4) is 0 Å². The van der Waals surface area contributed by atoms with E-state index >= 15 is 0 Å². The van der Waals surface area contributed by atoms with E-state index in [4.69, 9.17) is 39.1 Å². The van der Waals surface area contributed by atoms with Crippen molar-refractivity contribution in [3.05, 3.63) is 57.1 Å². The number of cyclic esters (lactones) is 1. The second-order valence-electron chi connectivity index (χ2n) is 5.45. The van der Waals surface area contributed by atoms with Crippen LogP contribution >= 0.6 is 35.6 Å². The molecule has 0 unspecified atom stereocenters. The first-order chi connectivity index (χ1) is 11.9. The Morgan fingerprint density at radius 1 is 1.27 bits per heavy atom. The number of ether oxygens (including phenoxy) is 1. The normalized spacial score (nSPS) is 13.3. The first-order valence-corrected chi connectivity index (χ1v) is 8.09. The number of benzene rings is 1. The second kappa shape index (κ2) is 7.99. The van der Waals surface area contributed by atoms with Crippen molar-refractivity contribution in [2.75, 3.05) is 18.1 Å². The van der Waals surface area contributed by atoms with Gasteiger partial charge in [0.2, 0.25) is 0 Å². The summed E-state index contributed by atoms with van der Waals surface area (Å²) < 4.78 is 6.45. The number of primary amides is 1. The number of nitrogens with one attached hydrogen (secondary N) is 1. The van der Waals surface area contributed by atoms with Crippen LogP contribution < -0.4 is 16.1 Å². The van der Waals surface area contributed by atoms with Crippen LogP contribution in [0, 0.1) is 5.41 Å². The van der Waals surface area contributed by atoms with Gasteiger partial charge in [-0.2, -0.15) is 0 Å². The molecule has 138 valence electrons. The van der Waals surface area contributed by atoms with Crippen molar-refractivity contribution in [2.45, 2.75) is 6.54 Å². The maximum Gasteiger partial charge on any atom is 0.414 e. The number of hydrogen-bond acceptors (Lipinski definition) is 4. The van der Waals surface area contributed by atoms with Crippen LogP contribution in [0.25, 0.3) is 0 Å². The number of pyridine rings is 1. The average Bonchev–Trinajstić information content (AvgIpc) is 2.96. The quantitative estimate of drug-likeness (QED) is 0.799. The molecule has 1 aliphatic heterocycles. The lowest BCUT2D eigenvalue weighted by Crippen LogP contribution is -2.31. The molecule has 0 radical (unpaired) electrons. The number of halogens is 3. The predicted molar refractivity (Wildman–Crippen MR) is 100 cm³/mol. The maximum atomic E-state index is 11.9. The Kier molecular flexibility index (Phi) is 6.17. The van der Waals surface area contributed by atoms with Crippen molar-refractivity contribution in [3.63, 3.8) is 0 Å². The van der Waals surface area contributed by atoms with E-state index in [0.29, 0.717) is 29.4 Å². The van der Waals surface area contributed by atoms with Gasteiger partial charge >= 0.3 is 6.09 Å². The van der Waals surface area contributed by atoms with Crippen molar-refractivity contribution in [2.24, 2.45) is 5.73 Å². The summed E-state index contributed by atoms with van der Waals surface area (Å²) in [5.74, 6) is -0.740. The Bertz CT molecular complexity index is 929. The summed E-state index contributed by atoms with van der Waals surface area (Å²) in [6, 6.07) is 6.43. The second-order valence-corrected chi connectivity index (χ2v) is 6.32. The number of carbonyl (C=O) groups is 2. The van der Waals surface area contributed by atoms with E-state index in [0.717, 1.165) is 0 Å². The highest BCUT2D eigenvalue weighted by molar-refractivity contribution is 6.31. The fraction of sp³-hybridized carbons (Fsp3) is 0.188. The summed E-state index contributed by atoms with van der Waals surface area (Å²) in [6.07, 6.45) is 1.08. The summed E-state index contributed by atoms with van der Waals surface area (Å²) in [4.78, 5) is 24.9. The van der Waals surface area contributed by atoms with Crippen molar-refractivity contribution >= 4 is 53.3 Å². The van der Waals surface area contributed by atoms with Crippen molar-refractivity contribution < 1.29 is 14.3 Å². The number of aromatic nitrogens is 1. The van der Waals surface area contributed by atoms with Crippen LogP contribution in [0.1, 0.15) is 15.9 Å². The number of nitrogens with zero attached hydrogens (tertiary/aromatic N) is 2. The average molecular weight is 418 g/mol. The molecule has 1 fully saturated rings. The van der Waals surface area contributed by atoms with Crippen LogP contribution in [-0.2, 0) is 11.3 Å². The molecule has 1 saturated heterocycles. The zero-order chi connectivity index (χ0) is 18.1. The lowest BCUT2D eigenvalue weighted by Gasteiger charge is -2.19. The number of hydrogen-bond donors (Lipinski definition) is 2. The van der Waals surface area contributed by atoms with E-state index in [1.54, 1.807) is 18.2 Å². The molecule has 2 amide bonds. The molecule has 0 spiro atoms. The molecular weight excluding hydrogens is 403 g/mol. The van der Waals surface area contributed by atoms with E-state index < -0.39 is 12.0 Å². The van der Waals surface area contributed by atoms with Gasteiger partial charge in [-0.3, -0.25) is 15.1 Å². The minimum atomic E-state index is -0.740. The molecule has 2 aromatic rings. The van der Waals surface area contributed by atoms with Gasteiger partial charge in [-0.25, -0.2) is 4.79 Å². The van der Waals surface area contributed by atoms with E-state index in [1.807, 2.05) is 0 Å². The topological polar surface area (TPSA) is 101 Å². The highest BCUT2D eigenvalue weighted by Crippen LogP contribution is 2.27. The molecule has 3 rings (SSSR count). The van der Waals surface area contributed by atoms with Crippen LogP contribution in [0.4, 0.5) is 10.5 Å². The molecule has 2 heterocycles. The molecule has 3 N–H and O–H groups in total. The lowest BCUT2D eigenvalue weighted by molar-refractivity contribution is 0.0997. The third-order valence-electron chi connectivity index (χ3n) is 3.80. The number of nitrogens with two attached hydrogens (primary N) is 1. The molecule has 0 atom stereocenters. The Hall–Kier alpha value is -2.22. The zero-order valence-corrected chi connectivity index (χ0v) is 15.7. The van der Waals surface area contributed by atoms with Gasteiger partial charge in [-0.15, -0.1) is 12.4 Å². The van der Waals surface area contributed by atoms with Gasteiger partial charge in [0, 0.05) is 11.2 Å². The molecular formula is C16H15Cl3N4O3. The van der Waals surface area contributed by atoms with Gasteiger partial charge in [0.15, 0.2) is 0 Å². The molecule has 26 heavy (non-hydrogen) atoms. The third kappa shape index (κ3) is 3.95. The molecule has 0 aliphatic carbocycles. The van der Waals surface area contributed by atoms with Crippen LogP contribution in [0.2, 0.25) is 10.0 Å². The minimum Gasteiger partial charge on any atom is -0.447 e. The third-order valence-corrected chi connectivity index (χ3v) is 4.24. The van der Waals surface area contributed by atoms with Crippen molar-refractivity contribution in [1.29, 1.82) is 5.41 Å². The molecule has 0 bridgehead atoms. The highest BCUT2D eigenvalue weighted by atomic mass is 35.5. The Morgan fingerprint density at radius 2 is 2.00 bits per heavy atom. The highest BCUT2D eigenvalue weighted by Gasteiger charge is 2.26. The van der Waals surface area contributed by atoms with Crippen molar-refractivity contribution in [3.8, 4) is 0 Å². The minimum absolute atomic E-state index is 0. The van der Waals surface area contributed by atoms with Gasteiger partial charge in [-0.05, 0) is 29.8 Å². The molecule has 0 saturated carbocycles. The maximum absolute atomic E-state index is 11.9. The number of anilines is 1. The number of carbonyl (C=O) groups excluding carboxylic acids is 2. The van der Waals surface area contributed by atoms with Gasteiger partial charge < -0.3 is 15.0 Å². The largest absolute Gasteiger partial charge is 0.447 e. The Morgan fingerprint density at radius 3 is 2.62 bits per heavy atom. The van der Waals surface area contributed by atoms with E-state index in [2.05, 4.69) is 0 Å². The number of rotatable bonds is 4. The van der Waals surface area contributed by atoms with E-state index in [-0.39, 0.29) is 35.0 Å². The fourth-order valence-electron chi connectivity index (χ4n) is 2.66. The monoisotopic (exact) mass is 416 g/mol. The van der Waals surface area contributed by atoms with Gasteiger partial charge in [-0.1, -0.05) is 23.2 Å². The predicted octanol–water partition coefficient (Wildman–Crippen LogP) is 2.80. The summed E-state index contributed by atoms with van der Waals surface area (Å²) in [7, 11) is 0. The number of amides is 2. The Balaban J connectivity index is 0.00000243. The lowest BCUT2D eigenvalue weighted by atomic mass is 10.1. The van der Waals surface area contributed by atoms with E-state index in [1.165, 1.54) is 21.7 Å². The summed E-state index contributed by atoms with van der Waals surface area (Å²) in [6.45, 7) is 0.911.